The number of ether oxygens (including phenoxy) is 1. The topological polar surface area (TPSA) is 123 Å². The van der Waals surface area contributed by atoms with E-state index in [-0.39, 0.29) is 24.1 Å². The van der Waals surface area contributed by atoms with Crippen LogP contribution in [0.25, 0.3) is 22.3 Å². The molecule has 234 valence electrons. The van der Waals surface area contributed by atoms with Crippen LogP contribution in [0.2, 0.25) is 5.02 Å². The van der Waals surface area contributed by atoms with E-state index in [4.69, 9.17) is 16.3 Å². The van der Waals surface area contributed by atoms with Gasteiger partial charge in [-0.25, -0.2) is 9.18 Å². The van der Waals surface area contributed by atoms with Crippen LogP contribution in [0.4, 0.5) is 10.1 Å². The van der Waals surface area contributed by atoms with Gasteiger partial charge in [-0.2, -0.15) is 0 Å². The molecule has 5 rings (SSSR count). The van der Waals surface area contributed by atoms with E-state index < -0.39 is 23.0 Å². The van der Waals surface area contributed by atoms with Gasteiger partial charge in [0.25, 0.3) is 11.5 Å². The van der Waals surface area contributed by atoms with Crippen LogP contribution in [0.1, 0.15) is 34.3 Å². The van der Waals surface area contributed by atoms with E-state index in [1.54, 1.807) is 24.3 Å². The van der Waals surface area contributed by atoms with Crippen LogP contribution >= 0.6 is 11.6 Å². The average molecular weight is 634 g/mol. The number of amides is 2. The molecule has 3 N–H and O–H groups in total. The Balaban J connectivity index is 1.44. The molecule has 3 aromatic carbocycles. The molecule has 0 bridgehead atoms. The number of piperidine rings is 1. The first-order chi connectivity index (χ1) is 21.5. The molecule has 12 heteroatoms. The van der Waals surface area contributed by atoms with Crippen LogP contribution in [-0.4, -0.2) is 40.6 Å². The van der Waals surface area contributed by atoms with E-state index in [0.717, 1.165) is 10.1 Å². The molecule has 1 fully saturated rings. The standard InChI is InChI=1S/C33H33ClFN5O5/c1-18-21(7-6-10-27(18)38-31(42)25-17-39(2)33(44)40(3)32(25)43)23-9-5-8-22(30(23)34)19-13-26(35)24(28(14-19)45-4)16-36-20-11-12-29(41)37-15-20/h5-10,13-14,17,20,36H,11-12,15-16H2,1-4H3,(H,37,41)(H,38,42)/t20-/m1/s1. The van der Waals surface area contributed by atoms with Crippen LogP contribution < -0.4 is 31.9 Å². The number of carbonyl (C=O) groups excluding carboxylic acids is 2. The summed E-state index contributed by atoms with van der Waals surface area (Å²) in [6.45, 7) is 2.53. The fourth-order valence-corrected chi connectivity index (χ4v) is 5.79. The molecule has 1 aromatic heterocycles. The zero-order valence-corrected chi connectivity index (χ0v) is 26.0. The lowest BCUT2D eigenvalue weighted by Gasteiger charge is -2.24. The summed E-state index contributed by atoms with van der Waals surface area (Å²) < 4.78 is 23.1. The van der Waals surface area contributed by atoms with Crippen LogP contribution in [0, 0.1) is 12.7 Å². The fourth-order valence-electron chi connectivity index (χ4n) is 5.45. The van der Waals surface area contributed by atoms with Gasteiger partial charge < -0.3 is 25.3 Å². The Labute approximate surface area is 263 Å². The minimum Gasteiger partial charge on any atom is -0.496 e. The highest BCUT2D eigenvalue weighted by molar-refractivity contribution is 6.36. The molecule has 4 aromatic rings. The molecule has 1 aliphatic rings. The predicted molar refractivity (Wildman–Crippen MR) is 171 cm³/mol. The van der Waals surface area contributed by atoms with Crippen molar-refractivity contribution in [2.75, 3.05) is 19.0 Å². The van der Waals surface area contributed by atoms with E-state index in [1.807, 2.05) is 25.1 Å². The smallest absolute Gasteiger partial charge is 0.330 e. The molecule has 10 nitrogen and oxygen atoms in total. The first-order valence-electron chi connectivity index (χ1n) is 14.3. The van der Waals surface area contributed by atoms with Gasteiger partial charge in [-0.3, -0.25) is 19.0 Å². The van der Waals surface area contributed by atoms with Crippen LogP contribution in [0.15, 0.2) is 64.3 Å². The summed E-state index contributed by atoms with van der Waals surface area (Å²) in [5.74, 6) is -0.732. The maximum absolute atomic E-state index is 15.5. The Morgan fingerprint density at radius 3 is 2.51 bits per heavy atom. The van der Waals surface area contributed by atoms with Crippen molar-refractivity contribution in [3.8, 4) is 28.0 Å². The molecule has 2 heterocycles. The highest BCUT2D eigenvalue weighted by atomic mass is 35.5. The number of halogens is 2. The Hall–Kier alpha value is -4.74. The molecular formula is C33H33ClFN5O5. The van der Waals surface area contributed by atoms with Crippen molar-refractivity contribution in [3.05, 3.63) is 103 Å². The molecule has 1 aliphatic heterocycles. The highest BCUT2D eigenvalue weighted by Crippen LogP contribution is 2.40. The lowest BCUT2D eigenvalue weighted by molar-refractivity contribution is -0.122. The summed E-state index contributed by atoms with van der Waals surface area (Å²) in [5, 5.41) is 9.27. The number of nitrogens with one attached hydrogen (secondary N) is 3. The van der Waals surface area contributed by atoms with Gasteiger partial charge in [0.05, 0.1) is 12.1 Å². The molecule has 45 heavy (non-hydrogen) atoms. The molecule has 0 radical (unpaired) electrons. The highest BCUT2D eigenvalue weighted by Gasteiger charge is 2.22. The van der Waals surface area contributed by atoms with Gasteiger partial charge in [0.2, 0.25) is 5.91 Å². The van der Waals surface area contributed by atoms with Gasteiger partial charge in [0.1, 0.15) is 17.1 Å². The number of hydrogen-bond donors (Lipinski definition) is 3. The van der Waals surface area contributed by atoms with Crippen molar-refractivity contribution >= 4 is 29.1 Å². The number of aryl methyl sites for hydroxylation is 1. The normalized spacial score (nSPS) is 14.6. The minimum absolute atomic E-state index is 0.0142. The number of hydrogen-bond acceptors (Lipinski definition) is 6. The predicted octanol–water partition coefficient (Wildman–Crippen LogP) is 4.15. The van der Waals surface area contributed by atoms with Crippen molar-refractivity contribution in [1.82, 2.24) is 19.8 Å². The molecule has 0 unspecified atom stereocenters. The van der Waals surface area contributed by atoms with Gasteiger partial charge in [-0.05, 0) is 48.2 Å². The lowest BCUT2D eigenvalue weighted by Crippen LogP contribution is -2.45. The molecule has 0 saturated carbocycles. The Morgan fingerprint density at radius 2 is 1.80 bits per heavy atom. The average Bonchev–Trinajstić information content (AvgIpc) is 3.03. The maximum Gasteiger partial charge on any atom is 0.330 e. The van der Waals surface area contributed by atoms with Gasteiger partial charge in [-0.1, -0.05) is 41.9 Å². The molecule has 0 aliphatic carbocycles. The number of aromatic nitrogens is 2. The van der Waals surface area contributed by atoms with E-state index in [2.05, 4.69) is 16.0 Å². The van der Waals surface area contributed by atoms with Crippen molar-refractivity contribution < 1.29 is 18.7 Å². The number of rotatable bonds is 8. The summed E-state index contributed by atoms with van der Waals surface area (Å²) in [5.41, 5.74) is 2.60. The molecular weight excluding hydrogens is 601 g/mol. The van der Waals surface area contributed by atoms with Gasteiger partial charge in [0, 0.05) is 68.2 Å². The van der Waals surface area contributed by atoms with E-state index in [9.17, 15) is 19.2 Å². The molecule has 0 spiro atoms. The molecule has 2 amide bonds. The Morgan fingerprint density at radius 1 is 1.09 bits per heavy atom. The third-order valence-electron chi connectivity index (χ3n) is 8.08. The monoisotopic (exact) mass is 633 g/mol. The number of methoxy groups -OCH3 is 1. The van der Waals surface area contributed by atoms with Crippen molar-refractivity contribution in [2.24, 2.45) is 14.1 Å². The van der Waals surface area contributed by atoms with Gasteiger partial charge in [-0.15, -0.1) is 0 Å². The first kappa shape index (κ1) is 31.7. The molecule has 1 saturated heterocycles. The van der Waals surface area contributed by atoms with E-state index >= 15 is 4.39 Å². The summed E-state index contributed by atoms with van der Waals surface area (Å²) in [7, 11) is 4.26. The minimum atomic E-state index is -0.702. The number of nitrogens with zero attached hydrogens (tertiary/aromatic N) is 2. The maximum atomic E-state index is 15.5. The largest absolute Gasteiger partial charge is 0.496 e. The van der Waals surface area contributed by atoms with E-state index in [1.165, 1.54) is 38.0 Å². The van der Waals surface area contributed by atoms with Crippen molar-refractivity contribution in [1.29, 1.82) is 0 Å². The first-order valence-corrected chi connectivity index (χ1v) is 14.7. The lowest BCUT2D eigenvalue weighted by atomic mass is 9.94. The zero-order valence-electron chi connectivity index (χ0n) is 25.3. The Bertz CT molecular complexity index is 1930. The summed E-state index contributed by atoms with van der Waals surface area (Å²) >= 11 is 6.96. The van der Waals surface area contributed by atoms with Crippen molar-refractivity contribution in [2.45, 2.75) is 32.4 Å². The molecule has 1 atom stereocenters. The summed E-state index contributed by atoms with van der Waals surface area (Å²) in [4.78, 5) is 49.2. The number of benzene rings is 3. The quantitative estimate of drug-likeness (QED) is 0.268. The number of carbonyl (C=O) groups is 2. The summed E-state index contributed by atoms with van der Waals surface area (Å²) in [6.07, 6.45) is 2.31. The third-order valence-corrected chi connectivity index (χ3v) is 8.49. The second-order valence-electron chi connectivity index (χ2n) is 11.0. The second-order valence-corrected chi connectivity index (χ2v) is 11.3. The second kappa shape index (κ2) is 13.1. The van der Waals surface area contributed by atoms with Gasteiger partial charge >= 0.3 is 5.69 Å². The van der Waals surface area contributed by atoms with E-state index in [0.29, 0.717) is 63.7 Å². The van der Waals surface area contributed by atoms with Crippen LogP contribution in [-0.2, 0) is 25.4 Å². The van der Waals surface area contributed by atoms with Crippen LogP contribution in [0.5, 0.6) is 5.75 Å². The zero-order chi connectivity index (χ0) is 32.4. The third kappa shape index (κ3) is 6.40. The SMILES string of the molecule is COc1cc(-c2cccc(-c3cccc(NC(=O)c4cn(C)c(=O)n(C)c4=O)c3C)c2Cl)cc(F)c1CN[C@@H]1CCC(=O)NC1. The fraction of sp³-hybridized carbons (Fsp3) is 0.273. The van der Waals surface area contributed by atoms with Gasteiger partial charge in [0.15, 0.2) is 0 Å². The Kier molecular flexibility index (Phi) is 9.21. The number of anilines is 1. The van der Waals surface area contributed by atoms with Crippen molar-refractivity contribution in [3.63, 3.8) is 0 Å². The summed E-state index contributed by atoms with van der Waals surface area (Å²) in [6, 6.07) is 13.9. The van der Waals surface area contributed by atoms with Crippen LogP contribution in [0.3, 0.4) is 0 Å².